The number of hydrogen-bond donors (Lipinski definition) is 1. The molecular formula is C23H24N6O5S. The number of aromatic nitrogens is 4. The van der Waals surface area contributed by atoms with Crippen molar-refractivity contribution in [3.05, 3.63) is 66.2 Å². The zero-order valence-electron chi connectivity index (χ0n) is 19.4. The number of sulfonamides is 1. The molecule has 0 aliphatic heterocycles. The third kappa shape index (κ3) is 5.08. The van der Waals surface area contributed by atoms with Crippen molar-refractivity contribution in [2.45, 2.75) is 4.90 Å². The van der Waals surface area contributed by atoms with Crippen LogP contribution in [0, 0.1) is 0 Å². The average Bonchev–Trinajstić information content (AvgIpc) is 3.29. The predicted molar refractivity (Wildman–Crippen MR) is 128 cm³/mol. The Morgan fingerprint density at radius 1 is 1.03 bits per heavy atom. The Kier molecular flexibility index (Phi) is 6.94. The third-order valence-electron chi connectivity index (χ3n) is 5.12. The van der Waals surface area contributed by atoms with Gasteiger partial charge < -0.3 is 14.8 Å². The van der Waals surface area contributed by atoms with E-state index in [4.69, 9.17) is 9.47 Å². The van der Waals surface area contributed by atoms with Gasteiger partial charge in [-0.05, 0) is 42.5 Å². The van der Waals surface area contributed by atoms with E-state index in [1.165, 1.54) is 38.4 Å². The van der Waals surface area contributed by atoms with Crippen molar-refractivity contribution in [2.24, 2.45) is 0 Å². The summed E-state index contributed by atoms with van der Waals surface area (Å²) in [5, 5.41) is 15.5. The Balaban J connectivity index is 1.38. The number of ether oxygens (including phenoxy) is 2. The quantitative estimate of drug-likeness (QED) is 0.348. The lowest BCUT2D eigenvalue weighted by atomic mass is 10.2. The number of para-hydroxylation sites is 1. The number of fused-ring (bicyclic) bond motifs is 1. The summed E-state index contributed by atoms with van der Waals surface area (Å²) in [6.07, 6.45) is 0. The molecule has 2 aromatic carbocycles. The van der Waals surface area contributed by atoms with E-state index < -0.39 is 10.0 Å². The molecule has 0 unspecified atom stereocenters. The molecule has 0 bridgehead atoms. The second-order valence-corrected chi connectivity index (χ2v) is 9.73. The first-order valence-electron chi connectivity index (χ1n) is 10.6. The molecule has 4 aromatic rings. The second-order valence-electron chi connectivity index (χ2n) is 7.58. The van der Waals surface area contributed by atoms with Crippen LogP contribution in [0.25, 0.3) is 17.0 Å². The average molecular weight is 497 g/mol. The highest BCUT2D eigenvalue weighted by Gasteiger charge is 2.18. The Morgan fingerprint density at radius 2 is 1.77 bits per heavy atom. The Hall–Kier alpha value is -4.03. The van der Waals surface area contributed by atoms with Gasteiger partial charge in [0.25, 0.3) is 5.91 Å². The minimum absolute atomic E-state index is 0.116. The van der Waals surface area contributed by atoms with Gasteiger partial charge in [0.1, 0.15) is 12.4 Å². The van der Waals surface area contributed by atoms with Gasteiger partial charge in [-0.2, -0.15) is 4.52 Å². The molecular weight excluding hydrogens is 472 g/mol. The molecule has 1 N–H and O–H groups in total. The van der Waals surface area contributed by atoms with Crippen molar-refractivity contribution in [1.82, 2.24) is 29.4 Å². The minimum Gasteiger partial charge on any atom is -0.496 e. The number of amides is 1. The van der Waals surface area contributed by atoms with Gasteiger partial charge in [-0.1, -0.05) is 12.1 Å². The molecule has 2 aromatic heterocycles. The van der Waals surface area contributed by atoms with Crippen LogP contribution in [0.2, 0.25) is 0 Å². The van der Waals surface area contributed by atoms with E-state index in [1.54, 1.807) is 23.8 Å². The van der Waals surface area contributed by atoms with Crippen LogP contribution in [-0.2, 0) is 10.0 Å². The number of carbonyl (C=O) groups excluding carboxylic acids is 1. The fraction of sp³-hybridized carbons (Fsp3) is 0.217. The predicted octanol–water partition coefficient (Wildman–Crippen LogP) is 1.86. The third-order valence-corrected chi connectivity index (χ3v) is 6.95. The summed E-state index contributed by atoms with van der Waals surface area (Å²) in [5.74, 6) is 1.14. The number of nitrogens with one attached hydrogen (secondary N) is 1. The molecule has 0 spiro atoms. The van der Waals surface area contributed by atoms with Crippen LogP contribution in [0.15, 0.2) is 65.6 Å². The van der Waals surface area contributed by atoms with Gasteiger partial charge in [0, 0.05) is 25.7 Å². The molecule has 0 atom stereocenters. The standard InChI is InChI=1S/C23H24N6O5S/c1-28(2)35(31,32)17-10-8-16(9-11-17)23(30)24-14-15-34-21-13-12-20-25-26-22(29(20)27-21)18-6-4-5-7-19(18)33-3/h4-13H,14-15H2,1-3H3,(H,24,30). The summed E-state index contributed by atoms with van der Waals surface area (Å²) in [4.78, 5) is 12.5. The number of nitrogens with zero attached hydrogens (tertiary/aromatic N) is 5. The van der Waals surface area contributed by atoms with Crippen molar-refractivity contribution >= 4 is 21.6 Å². The molecule has 0 saturated carbocycles. The van der Waals surface area contributed by atoms with E-state index >= 15 is 0 Å². The first kappa shape index (κ1) is 24.1. The van der Waals surface area contributed by atoms with Gasteiger partial charge in [0.05, 0.1) is 24.1 Å². The maximum Gasteiger partial charge on any atom is 0.251 e. The van der Waals surface area contributed by atoms with Gasteiger partial charge in [0.2, 0.25) is 15.9 Å². The molecule has 35 heavy (non-hydrogen) atoms. The molecule has 4 rings (SSSR count). The van der Waals surface area contributed by atoms with Crippen LogP contribution in [-0.4, -0.2) is 72.8 Å². The zero-order valence-corrected chi connectivity index (χ0v) is 20.2. The van der Waals surface area contributed by atoms with E-state index in [0.717, 1.165) is 9.87 Å². The molecule has 0 fully saturated rings. The first-order valence-corrected chi connectivity index (χ1v) is 12.0. The van der Waals surface area contributed by atoms with E-state index in [-0.39, 0.29) is 24.0 Å². The van der Waals surface area contributed by atoms with Gasteiger partial charge in [-0.25, -0.2) is 12.7 Å². The van der Waals surface area contributed by atoms with Crippen molar-refractivity contribution in [3.63, 3.8) is 0 Å². The van der Waals surface area contributed by atoms with Crippen molar-refractivity contribution < 1.29 is 22.7 Å². The van der Waals surface area contributed by atoms with Gasteiger partial charge in [-0.3, -0.25) is 4.79 Å². The molecule has 182 valence electrons. The largest absolute Gasteiger partial charge is 0.496 e. The Morgan fingerprint density at radius 3 is 2.49 bits per heavy atom. The van der Waals surface area contributed by atoms with Crippen molar-refractivity contribution in [2.75, 3.05) is 34.4 Å². The first-order chi connectivity index (χ1) is 16.8. The lowest BCUT2D eigenvalue weighted by Gasteiger charge is -2.12. The molecule has 0 aliphatic carbocycles. The Bertz CT molecular complexity index is 1450. The summed E-state index contributed by atoms with van der Waals surface area (Å²) >= 11 is 0. The van der Waals surface area contributed by atoms with Crippen LogP contribution in [0.4, 0.5) is 0 Å². The number of methoxy groups -OCH3 is 1. The molecule has 0 radical (unpaired) electrons. The van der Waals surface area contributed by atoms with Crippen LogP contribution >= 0.6 is 0 Å². The fourth-order valence-corrected chi connectivity index (χ4v) is 4.16. The summed E-state index contributed by atoms with van der Waals surface area (Å²) in [6.45, 7) is 0.390. The van der Waals surface area contributed by atoms with E-state index in [9.17, 15) is 13.2 Å². The molecule has 2 heterocycles. The number of rotatable bonds is 9. The normalized spacial score (nSPS) is 11.5. The summed E-state index contributed by atoms with van der Waals surface area (Å²) < 4.78 is 38.1. The van der Waals surface area contributed by atoms with Crippen molar-refractivity contribution in [1.29, 1.82) is 0 Å². The highest BCUT2D eigenvalue weighted by molar-refractivity contribution is 7.89. The molecule has 0 saturated heterocycles. The van der Waals surface area contributed by atoms with Crippen LogP contribution in [0.5, 0.6) is 11.6 Å². The van der Waals surface area contributed by atoms with E-state index in [2.05, 4.69) is 20.6 Å². The highest BCUT2D eigenvalue weighted by atomic mass is 32.2. The Labute approximate surface area is 202 Å². The monoisotopic (exact) mass is 496 g/mol. The topological polar surface area (TPSA) is 128 Å². The number of benzene rings is 2. The van der Waals surface area contributed by atoms with Gasteiger partial charge in [0.15, 0.2) is 11.5 Å². The highest BCUT2D eigenvalue weighted by Crippen LogP contribution is 2.28. The van der Waals surface area contributed by atoms with Crippen LogP contribution in [0.3, 0.4) is 0 Å². The summed E-state index contributed by atoms with van der Waals surface area (Å²) in [7, 11) is 0.930. The maximum absolute atomic E-state index is 12.4. The summed E-state index contributed by atoms with van der Waals surface area (Å²) in [5.41, 5.74) is 1.63. The lowest BCUT2D eigenvalue weighted by Crippen LogP contribution is -2.28. The maximum atomic E-state index is 12.4. The van der Waals surface area contributed by atoms with E-state index in [0.29, 0.717) is 28.7 Å². The van der Waals surface area contributed by atoms with Gasteiger partial charge in [-0.15, -0.1) is 15.3 Å². The zero-order chi connectivity index (χ0) is 25.0. The van der Waals surface area contributed by atoms with Crippen LogP contribution in [0.1, 0.15) is 10.4 Å². The molecule has 11 nitrogen and oxygen atoms in total. The lowest BCUT2D eigenvalue weighted by molar-refractivity contribution is 0.0946. The fourth-order valence-electron chi connectivity index (χ4n) is 3.26. The molecule has 0 aliphatic rings. The van der Waals surface area contributed by atoms with Crippen molar-refractivity contribution in [3.8, 4) is 23.0 Å². The SMILES string of the molecule is COc1ccccc1-c1nnc2ccc(OCCNC(=O)c3ccc(S(=O)(=O)N(C)C)cc3)nn12. The number of hydrogen-bond acceptors (Lipinski definition) is 8. The number of carbonyl (C=O) groups is 1. The molecule has 12 heteroatoms. The minimum atomic E-state index is -3.55. The van der Waals surface area contributed by atoms with Crippen LogP contribution < -0.4 is 14.8 Å². The summed E-state index contributed by atoms with van der Waals surface area (Å²) in [6, 6.07) is 16.6. The molecule has 1 amide bonds. The van der Waals surface area contributed by atoms with Gasteiger partial charge >= 0.3 is 0 Å². The van der Waals surface area contributed by atoms with E-state index in [1.807, 2.05) is 24.3 Å². The second kappa shape index (κ2) is 10.1. The smallest absolute Gasteiger partial charge is 0.251 e.